The van der Waals surface area contributed by atoms with Crippen LogP contribution in [0.3, 0.4) is 0 Å². The van der Waals surface area contributed by atoms with Crippen LogP contribution in [-0.2, 0) is 12.7 Å². The Balaban J connectivity index is 1.60. The summed E-state index contributed by atoms with van der Waals surface area (Å²) in [5.41, 5.74) is -0.632. The maximum Gasteiger partial charge on any atom is 0.416 e. The van der Waals surface area contributed by atoms with E-state index in [9.17, 15) is 23.1 Å². The van der Waals surface area contributed by atoms with E-state index < -0.39 is 23.8 Å². The van der Waals surface area contributed by atoms with E-state index in [1.807, 2.05) is 23.6 Å². The molecule has 0 radical (unpaired) electrons. The Hall–Kier alpha value is -2.16. The van der Waals surface area contributed by atoms with Crippen LogP contribution in [0, 0.1) is 0 Å². The molecule has 3 aromatic rings. The maximum atomic E-state index is 12.5. The molecule has 0 spiro atoms. The van der Waals surface area contributed by atoms with Gasteiger partial charge in [0.2, 0.25) is 0 Å². The number of rotatable bonds is 5. The van der Waals surface area contributed by atoms with Gasteiger partial charge in [-0.1, -0.05) is 6.07 Å². The minimum atomic E-state index is -4.42. The van der Waals surface area contributed by atoms with E-state index in [1.165, 1.54) is 22.7 Å². The van der Waals surface area contributed by atoms with Crippen LogP contribution in [0.2, 0.25) is 0 Å². The van der Waals surface area contributed by atoms with Crippen LogP contribution in [0.15, 0.2) is 53.9 Å². The first-order chi connectivity index (χ1) is 12.3. The number of hydrogen-bond donors (Lipinski definition) is 2. The molecule has 0 aliphatic heterocycles. The molecule has 3 nitrogen and oxygen atoms in total. The van der Waals surface area contributed by atoms with Gasteiger partial charge in [0.15, 0.2) is 0 Å². The topological polar surface area (TPSA) is 49.3 Å². The van der Waals surface area contributed by atoms with Crippen molar-refractivity contribution in [1.29, 1.82) is 0 Å². The molecule has 2 aromatic heterocycles. The van der Waals surface area contributed by atoms with Gasteiger partial charge in [0, 0.05) is 20.2 Å². The van der Waals surface area contributed by atoms with Crippen LogP contribution >= 0.6 is 22.7 Å². The Bertz CT molecular complexity index is 871. The van der Waals surface area contributed by atoms with Crippen LogP contribution in [0.4, 0.5) is 13.2 Å². The number of carbonyl (C=O) groups excluding carboxylic acids is 1. The highest BCUT2D eigenvalue weighted by Crippen LogP contribution is 2.31. The second-order valence-corrected chi connectivity index (χ2v) is 7.66. The molecule has 0 fully saturated rings. The van der Waals surface area contributed by atoms with E-state index in [2.05, 4.69) is 5.32 Å². The van der Waals surface area contributed by atoms with Crippen LogP contribution in [0.1, 0.15) is 36.7 Å². The molecule has 0 saturated carbocycles. The van der Waals surface area contributed by atoms with E-state index in [4.69, 9.17) is 0 Å². The largest absolute Gasteiger partial charge is 0.416 e. The number of hydrogen-bond acceptors (Lipinski definition) is 4. The van der Waals surface area contributed by atoms with Crippen molar-refractivity contribution in [3.63, 3.8) is 0 Å². The van der Waals surface area contributed by atoms with Crippen molar-refractivity contribution in [2.24, 2.45) is 0 Å². The highest BCUT2D eigenvalue weighted by Gasteiger charge is 2.30. The van der Waals surface area contributed by atoms with Gasteiger partial charge in [0.05, 0.1) is 12.1 Å². The number of thiophene rings is 2. The summed E-state index contributed by atoms with van der Waals surface area (Å²) < 4.78 is 37.6. The molecular weight excluding hydrogens is 383 g/mol. The first-order valence-electron chi connectivity index (χ1n) is 7.60. The van der Waals surface area contributed by atoms with E-state index in [0.29, 0.717) is 0 Å². The third kappa shape index (κ3) is 4.32. The lowest BCUT2D eigenvalue weighted by Gasteiger charge is -2.08. The van der Waals surface area contributed by atoms with Gasteiger partial charge in [0.25, 0.3) is 5.91 Å². The van der Waals surface area contributed by atoms with E-state index in [1.54, 1.807) is 6.07 Å². The highest BCUT2D eigenvalue weighted by molar-refractivity contribution is 7.12. The van der Waals surface area contributed by atoms with Gasteiger partial charge in [-0.3, -0.25) is 4.79 Å². The standard InChI is InChI=1S/C18H14F3NO2S2/c19-18(20,21)12-5-3-11(4-6-12)17(24)22-10-13-7-8-15(26-13)16(23)14-2-1-9-25-14/h1-9,16,23H,10H2,(H,22,24). The van der Waals surface area contributed by atoms with Crippen LogP contribution in [0.5, 0.6) is 0 Å². The summed E-state index contributed by atoms with van der Waals surface area (Å²) in [6.45, 7) is 0.238. The lowest BCUT2D eigenvalue weighted by atomic mass is 10.1. The molecule has 1 atom stereocenters. The minimum absolute atomic E-state index is 0.161. The first-order valence-corrected chi connectivity index (χ1v) is 9.30. The van der Waals surface area contributed by atoms with Crippen molar-refractivity contribution in [3.05, 3.63) is 79.7 Å². The Morgan fingerprint density at radius 2 is 1.81 bits per heavy atom. The van der Waals surface area contributed by atoms with Crippen LogP contribution in [-0.4, -0.2) is 11.0 Å². The molecule has 8 heteroatoms. The maximum absolute atomic E-state index is 12.5. The monoisotopic (exact) mass is 397 g/mol. The zero-order chi connectivity index (χ0) is 18.7. The normalized spacial score (nSPS) is 12.8. The average molecular weight is 397 g/mol. The zero-order valence-corrected chi connectivity index (χ0v) is 14.9. The fraction of sp³-hybridized carbons (Fsp3) is 0.167. The summed E-state index contributed by atoms with van der Waals surface area (Å²) in [4.78, 5) is 14.5. The number of nitrogens with one attached hydrogen (secondary N) is 1. The SMILES string of the molecule is O=C(NCc1ccc(C(O)c2cccs2)s1)c1ccc(C(F)(F)F)cc1. The fourth-order valence-corrected chi connectivity index (χ4v) is 4.06. The van der Waals surface area contributed by atoms with Crippen LogP contribution in [0.25, 0.3) is 0 Å². The number of halogens is 3. The lowest BCUT2D eigenvalue weighted by Crippen LogP contribution is -2.22. The van der Waals surface area contributed by atoms with E-state index in [-0.39, 0.29) is 12.1 Å². The lowest BCUT2D eigenvalue weighted by molar-refractivity contribution is -0.137. The fourth-order valence-electron chi connectivity index (χ4n) is 2.30. The minimum Gasteiger partial charge on any atom is -0.382 e. The second-order valence-electron chi connectivity index (χ2n) is 5.48. The van der Waals surface area contributed by atoms with Gasteiger partial charge in [-0.2, -0.15) is 13.2 Å². The molecule has 1 aromatic carbocycles. The van der Waals surface area contributed by atoms with Crippen molar-refractivity contribution in [1.82, 2.24) is 5.32 Å². The summed E-state index contributed by atoms with van der Waals surface area (Å²) in [5, 5.41) is 14.8. The second kappa shape index (κ2) is 7.61. The van der Waals surface area contributed by atoms with Gasteiger partial charge in [-0.15, -0.1) is 22.7 Å². The smallest absolute Gasteiger partial charge is 0.382 e. The number of amides is 1. The predicted molar refractivity (Wildman–Crippen MR) is 95.3 cm³/mol. The Morgan fingerprint density at radius 3 is 2.42 bits per heavy atom. The zero-order valence-electron chi connectivity index (χ0n) is 13.3. The Morgan fingerprint density at radius 1 is 1.08 bits per heavy atom. The Kier molecular flexibility index (Phi) is 5.45. The molecule has 0 bridgehead atoms. The molecule has 0 aliphatic rings. The van der Waals surface area contributed by atoms with Gasteiger partial charge in [-0.25, -0.2) is 0 Å². The van der Waals surface area contributed by atoms with E-state index in [0.717, 1.165) is 38.9 Å². The van der Waals surface area contributed by atoms with Crippen molar-refractivity contribution in [2.75, 3.05) is 0 Å². The molecule has 2 heterocycles. The van der Waals surface area contributed by atoms with Crippen molar-refractivity contribution in [2.45, 2.75) is 18.8 Å². The molecule has 1 amide bonds. The van der Waals surface area contributed by atoms with Gasteiger partial charge < -0.3 is 10.4 Å². The number of carbonyl (C=O) groups is 1. The highest BCUT2D eigenvalue weighted by atomic mass is 32.1. The average Bonchev–Trinajstić information content (AvgIpc) is 3.30. The number of aliphatic hydroxyl groups is 1. The van der Waals surface area contributed by atoms with Crippen molar-refractivity contribution in [3.8, 4) is 0 Å². The van der Waals surface area contributed by atoms with Gasteiger partial charge in [-0.05, 0) is 47.8 Å². The predicted octanol–water partition coefficient (Wildman–Crippen LogP) is 4.84. The first kappa shape index (κ1) is 18.6. The van der Waals surface area contributed by atoms with Crippen molar-refractivity contribution >= 4 is 28.6 Å². The summed E-state index contributed by atoms with van der Waals surface area (Å²) in [6.07, 6.45) is -5.12. The molecule has 0 aliphatic carbocycles. The summed E-state index contributed by atoms with van der Waals surface area (Å²) in [5.74, 6) is -0.451. The summed E-state index contributed by atoms with van der Waals surface area (Å²) in [6, 6.07) is 11.4. The summed E-state index contributed by atoms with van der Waals surface area (Å²) >= 11 is 2.84. The third-order valence-electron chi connectivity index (χ3n) is 3.66. The van der Waals surface area contributed by atoms with E-state index >= 15 is 0 Å². The van der Waals surface area contributed by atoms with Gasteiger partial charge >= 0.3 is 6.18 Å². The molecular formula is C18H14F3NO2S2. The number of benzene rings is 1. The quantitative estimate of drug-likeness (QED) is 0.647. The van der Waals surface area contributed by atoms with Gasteiger partial charge in [0.1, 0.15) is 6.10 Å². The van der Waals surface area contributed by atoms with Crippen LogP contribution < -0.4 is 5.32 Å². The molecule has 0 saturated heterocycles. The Labute approximate surface area is 155 Å². The molecule has 1 unspecified atom stereocenters. The third-order valence-corrected chi connectivity index (χ3v) is 5.72. The molecule has 3 rings (SSSR count). The summed E-state index contributed by atoms with van der Waals surface area (Å²) in [7, 11) is 0. The molecule has 26 heavy (non-hydrogen) atoms. The molecule has 136 valence electrons. The number of aliphatic hydroxyl groups excluding tert-OH is 1. The van der Waals surface area contributed by atoms with Crippen molar-refractivity contribution < 1.29 is 23.1 Å². The molecule has 2 N–H and O–H groups in total. The number of alkyl halides is 3.